The van der Waals surface area contributed by atoms with Crippen LogP contribution in [0.15, 0.2) is 186 Å². The number of rotatable bonds is 5. The fourth-order valence-electron chi connectivity index (χ4n) is 9.02. The fraction of sp³-hybridized carbons (Fsp3) is 0.0588. The van der Waals surface area contributed by atoms with Crippen LogP contribution in [-0.2, 0) is 5.41 Å². The summed E-state index contributed by atoms with van der Waals surface area (Å²) < 4.78 is 9.24. The van der Waals surface area contributed by atoms with Crippen molar-refractivity contribution in [3.8, 4) is 27.9 Å². The second-order valence-corrected chi connectivity index (χ2v) is 14.9. The highest BCUT2D eigenvalue weighted by atomic mass is 16.3. The van der Waals surface area contributed by atoms with E-state index in [1.165, 1.54) is 38.8 Å². The first-order valence-electron chi connectivity index (χ1n) is 18.7. The Bertz CT molecular complexity index is 3060. The number of para-hydroxylation sites is 3. The summed E-state index contributed by atoms with van der Waals surface area (Å²) in [6.07, 6.45) is 0. The van der Waals surface area contributed by atoms with Crippen molar-refractivity contribution in [2.45, 2.75) is 19.3 Å². The van der Waals surface area contributed by atoms with Gasteiger partial charge >= 0.3 is 0 Å². The van der Waals surface area contributed by atoms with Gasteiger partial charge in [0.2, 0.25) is 0 Å². The van der Waals surface area contributed by atoms with E-state index in [2.05, 4.69) is 205 Å². The van der Waals surface area contributed by atoms with E-state index in [0.29, 0.717) is 0 Å². The number of benzene rings is 8. The van der Waals surface area contributed by atoms with Crippen molar-refractivity contribution < 1.29 is 4.42 Å². The molecule has 3 nitrogen and oxygen atoms in total. The standard InChI is InChI=1S/C51H36N2O/c1-51(2)43-22-12-9-19-38(43)39-30-29-37(31-44(39)51)52(36-27-25-34(26-28-36)33-15-5-3-6-16-33)46-32-42-40-20-11-14-24-47(40)54-50(42)49-48(46)41-21-10-13-23-45(41)53(49)35-17-7-4-8-18-35/h3-32H,1-2H3. The molecular weight excluding hydrogens is 657 g/mol. The van der Waals surface area contributed by atoms with Crippen molar-refractivity contribution in [2.24, 2.45) is 0 Å². The Hall–Kier alpha value is -6.84. The highest BCUT2D eigenvalue weighted by Gasteiger charge is 2.36. The van der Waals surface area contributed by atoms with Crippen LogP contribution in [-0.4, -0.2) is 4.57 Å². The van der Waals surface area contributed by atoms with E-state index >= 15 is 0 Å². The van der Waals surface area contributed by atoms with Gasteiger partial charge in [-0.3, -0.25) is 0 Å². The maximum Gasteiger partial charge on any atom is 0.160 e. The second kappa shape index (κ2) is 11.6. The van der Waals surface area contributed by atoms with Crippen molar-refractivity contribution in [1.82, 2.24) is 4.57 Å². The normalized spacial score (nSPS) is 13.1. The lowest BCUT2D eigenvalue weighted by molar-refractivity contribution is 0.660. The molecule has 0 unspecified atom stereocenters. The van der Waals surface area contributed by atoms with Gasteiger partial charge in [0.15, 0.2) is 5.58 Å². The van der Waals surface area contributed by atoms with Gasteiger partial charge in [-0.25, -0.2) is 0 Å². The molecule has 1 aliphatic rings. The number of hydrogen-bond acceptors (Lipinski definition) is 2. The molecule has 0 saturated heterocycles. The maximum absolute atomic E-state index is 6.85. The molecule has 8 aromatic carbocycles. The smallest absolute Gasteiger partial charge is 0.160 e. The van der Waals surface area contributed by atoms with Crippen LogP contribution in [0.5, 0.6) is 0 Å². The second-order valence-electron chi connectivity index (χ2n) is 14.9. The van der Waals surface area contributed by atoms with Crippen LogP contribution < -0.4 is 4.90 Å². The molecule has 2 heterocycles. The van der Waals surface area contributed by atoms with E-state index in [0.717, 1.165) is 61.1 Å². The molecule has 54 heavy (non-hydrogen) atoms. The zero-order chi connectivity index (χ0) is 36.0. The van der Waals surface area contributed by atoms with E-state index in [9.17, 15) is 0 Å². The van der Waals surface area contributed by atoms with Gasteiger partial charge in [0.25, 0.3) is 0 Å². The molecule has 3 heteroatoms. The van der Waals surface area contributed by atoms with Crippen molar-refractivity contribution >= 4 is 60.8 Å². The van der Waals surface area contributed by atoms with E-state index < -0.39 is 0 Å². The number of hydrogen-bond donors (Lipinski definition) is 0. The minimum atomic E-state index is -0.145. The van der Waals surface area contributed by atoms with Gasteiger partial charge in [-0.1, -0.05) is 141 Å². The predicted molar refractivity (Wildman–Crippen MR) is 226 cm³/mol. The zero-order valence-electron chi connectivity index (χ0n) is 30.1. The molecule has 0 radical (unpaired) electrons. The number of nitrogens with zero attached hydrogens (tertiary/aromatic N) is 2. The summed E-state index contributed by atoms with van der Waals surface area (Å²) in [5.74, 6) is 0. The lowest BCUT2D eigenvalue weighted by Crippen LogP contribution is -2.16. The van der Waals surface area contributed by atoms with Crippen molar-refractivity contribution in [3.05, 3.63) is 193 Å². The highest BCUT2D eigenvalue weighted by Crippen LogP contribution is 2.53. The summed E-state index contributed by atoms with van der Waals surface area (Å²) in [5.41, 5.74) is 16.0. The number of aromatic nitrogens is 1. The molecule has 1 aliphatic carbocycles. The van der Waals surface area contributed by atoms with Gasteiger partial charge in [0, 0.05) is 44.0 Å². The minimum absolute atomic E-state index is 0.145. The Kier molecular flexibility index (Phi) is 6.60. The third-order valence-corrected chi connectivity index (χ3v) is 11.6. The molecule has 0 bridgehead atoms. The van der Waals surface area contributed by atoms with E-state index in [-0.39, 0.29) is 5.41 Å². The first-order valence-corrected chi connectivity index (χ1v) is 18.7. The zero-order valence-corrected chi connectivity index (χ0v) is 30.1. The summed E-state index contributed by atoms with van der Waals surface area (Å²) in [5, 5.41) is 4.52. The molecule has 0 aliphatic heterocycles. The Morgan fingerprint density at radius 1 is 0.500 bits per heavy atom. The molecule has 0 spiro atoms. The molecule has 256 valence electrons. The Morgan fingerprint density at radius 3 is 1.94 bits per heavy atom. The first kappa shape index (κ1) is 30.8. The molecule has 2 aromatic heterocycles. The van der Waals surface area contributed by atoms with E-state index in [1.54, 1.807) is 0 Å². The summed E-state index contributed by atoms with van der Waals surface area (Å²) in [6.45, 7) is 4.71. The van der Waals surface area contributed by atoms with E-state index in [1.807, 2.05) is 0 Å². The Morgan fingerprint density at radius 2 is 1.13 bits per heavy atom. The minimum Gasteiger partial charge on any atom is -0.454 e. The summed E-state index contributed by atoms with van der Waals surface area (Å²) >= 11 is 0. The quantitative estimate of drug-likeness (QED) is 0.179. The van der Waals surface area contributed by atoms with Crippen molar-refractivity contribution in [1.29, 1.82) is 0 Å². The average Bonchev–Trinajstić information content (AvgIpc) is 3.85. The van der Waals surface area contributed by atoms with Gasteiger partial charge < -0.3 is 13.9 Å². The van der Waals surface area contributed by atoms with Crippen LogP contribution in [0, 0.1) is 0 Å². The van der Waals surface area contributed by atoms with Crippen LogP contribution >= 0.6 is 0 Å². The van der Waals surface area contributed by atoms with Crippen LogP contribution in [0.1, 0.15) is 25.0 Å². The van der Waals surface area contributed by atoms with Crippen LogP contribution in [0.25, 0.3) is 71.7 Å². The third-order valence-electron chi connectivity index (χ3n) is 11.6. The fourth-order valence-corrected chi connectivity index (χ4v) is 9.02. The van der Waals surface area contributed by atoms with E-state index in [4.69, 9.17) is 4.42 Å². The van der Waals surface area contributed by atoms with Crippen LogP contribution in [0.2, 0.25) is 0 Å². The number of fused-ring (bicyclic) bond motifs is 10. The van der Waals surface area contributed by atoms with Gasteiger partial charge in [-0.15, -0.1) is 0 Å². The molecular formula is C51H36N2O. The van der Waals surface area contributed by atoms with Gasteiger partial charge in [0.1, 0.15) is 5.58 Å². The maximum atomic E-state index is 6.85. The molecule has 0 N–H and O–H groups in total. The number of furan rings is 1. The lowest BCUT2D eigenvalue weighted by atomic mass is 9.82. The van der Waals surface area contributed by atoms with Crippen LogP contribution in [0.3, 0.4) is 0 Å². The van der Waals surface area contributed by atoms with Gasteiger partial charge in [-0.05, 0) is 88.0 Å². The SMILES string of the molecule is CC1(C)c2ccccc2-c2ccc(N(c3ccc(-c4ccccc4)cc3)c3cc4c5ccccc5oc4c4c3c3ccccc3n4-c3ccccc3)cc21. The molecule has 10 aromatic rings. The van der Waals surface area contributed by atoms with Crippen molar-refractivity contribution in [3.63, 3.8) is 0 Å². The third kappa shape index (κ3) is 4.42. The predicted octanol–water partition coefficient (Wildman–Crippen LogP) is 14.1. The average molecular weight is 693 g/mol. The number of anilines is 3. The summed E-state index contributed by atoms with van der Waals surface area (Å²) in [4.78, 5) is 2.47. The molecule has 0 atom stereocenters. The van der Waals surface area contributed by atoms with Crippen molar-refractivity contribution in [2.75, 3.05) is 4.90 Å². The Labute approximate surface area is 314 Å². The first-order chi connectivity index (χ1) is 26.6. The molecule has 0 fully saturated rings. The molecule has 0 amide bonds. The molecule has 11 rings (SSSR count). The highest BCUT2D eigenvalue weighted by molar-refractivity contribution is 6.27. The van der Waals surface area contributed by atoms with Gasteiger partial charge in [-0.2, -0.15) is 0 Å². The summed E-state index contributed by atoms with van der Waals surface area (Å²) in [6, 6.07) is 65.8. The van der Waals surface area contributed by atoms with Gasteiger partial charge in [0.05, 0.1) is 16.7 Å². The topological polar surface area (TPSA) is 21.3 Å². The summed E-state index contributed by atoms with van der Waals surface area (Å²) in [7, 11) is 0. The largest absolute Gasteiger partial charge is 0.454 e. The Balaban J connectivity index is 1.26. The van der Waals surface area contributed by atoms with Crippen LogP contribution in [0.4, 0.5) is 17.1 Å². The monoisotopic (exact) mass is 692 g/mol. The molecule has 0 saturated carbocycles. The lowest BCUT2D eigenvalue weighted by Gasteiger charge is -2.29.